The first-order valence-corrected chi connectivity index (χ1v) is 8.58. The molecule has 0 aliphatic carbocycles. The van der Waals surface area contributed by atoms with E-state index in [4.69, 9.17) is 0 Å². The van der Waals surface area contributed by atoms with Gasteiger partial charge in [-0.3, -0.25) is 4.21 Å². The lowest BCUT2D eigenvalue weighted by molar-refractivity contribution is 0.194. The third-order valence-electron chi connectivity index (χ3n) is 3.42. The van der Waals surface area contributed by atoms with Gasteiger partial charge in [0.1, 0.15) is 0 Å². The normalized spacial score (nSPS) is 13.9. The molecule has 116 valence electrons. The van der Waals surface area contributed by atoms with E-state index in [0.717, 1.165) is 16.9 Å². The van der Waals surface area contributed by atoms with E-state index in [0.29, 0.717) is 6.54 Å². The second kappa shape index (κ2) is 8.62. The summed E-state index contributed by atoms with van der Waals surface area (Å²) in [4.78, 5) is 14.5. The van der Waals surface area contributed by atoms with Crippen molar-refractivity contribution in [3.05, 3.63) is 42.0 Å². The topological polar surface area (TPSA) is 49.4 Å². The second-order valence-corrected chi connectivity index (χ2v) is 6.28. The maximum absolute atomic E-state index is 12.0. The van der Waals surface area contributed by atoms with Gasteiger partial charge < -0.3 is 10.2 Å². The average Bonchev–Trinajstić information content (AvgIpc) is 2.50. The molecule has 0 aliphatic heterocycles. The zero-order valence-electron chi connectivity index (χ0n) is 13.1. The SMILES string of the molecule is CC=CCCNC(=O)N(C)C(C)c1ccc(S(C)=O)cc1. The largest absolute Gasteiger partial charge is 0.338 e. The molecule has 0 spiro atoms. The van der Waals surface area contributed by atoms with Crippen molar-refractivity contribution in [1.29, 1.82) is 0 Å². The third kappa shape index (κ3) is 5.34. The van der Waals surface area contributed by atoms with Gasteiger partial charge >= 0.3 is 6.03 Å². The number of hydrogen-bond donors (Lipinski definition) is 1. The van der Waals surface area contributed by atoms with Crippen molar-refractivity contribution in [2.24, 2.45) is 0 Å². The Morgan fingerprint density at radius 2 is 2.00 bits per heavy atom. The highest BCUT2D eigenvalue weighted by Gasteiger charge is 2.16. The van der Waals surface area contributed by atoms with Gasteiger partial charge in [0.05, 0.1) is 6.04 Å². The molecule has 0 bridgehead atoms. The van der Waals surface area contributed by atoms with Gasteiger partial charge in [0.25, 0.3) is 0 Å². The summed E-state index contributed by atoms with van der Waals surface area (Å²) in [6.07, 6.45) is 6.48. The summed E-state index contributed by atoms with van der Waals surface area (Å²) in [5.74, 6) is 0. The van der Waals surface area contributed by atoms with E-state index in [1.54, 1.807) is 18.2 Å². The maximum atomic E-state index is 12.0. The number of benzene rings is 1. The first-order valence-electron chi connectivity index (χ1n) is 7.02. The third-order valence-corrected chi connectivity index (χ3v) is 4.35. The molecule has 2 atom stereocenters. The molecular weight excluding hydrogens is 284 g/mol. The number of rotatable bonds is 6. The van der Waals surface area contributed by atoms with Crippen LogP contribution in [0, 0.1) is 0 Å². The van der Waals surface area contributed by atoms with Crippen LogP contribution in [0.3, 0.4) is 0 Å². The summed E-state index contributed by atoms with van der Waals surface area (Å²) in [7, 11) is 0.804. The molecule has 0 aliphatic rings. The number of carbonyl (C=O) groups is 1. The monoisotopic (exact) mass is 308 g/mol. The predicted molar refractivity (Wildman–Crippen MR) is 87.8 cm³/mol. The molecule has 0 saturated carbocycles. The van der Waals surface area contributed by atoms with Gasteiger partial charge in [-0.1, -0.05) is 24.3 Å². The van der Waals surface area contributed by atoms with E-state index in [9.17, 15) is 9.00 Å². The summed E-state index contributed by atoms with van der Waals surface area (Å²) >= 11 is 0. The molecule has 2 amide bonds. The van der Waals surface area contributed by atoms with Crippen molar-refractivity contribution in [2.45, 2.75) is 31.2 Å². The number of carbonyl (C=O) groups excluding carboxylic acids is 1. The lowest BCUT2D eigenvalue weighted by atomic mass is 10.1. The molecule has 0 aromatic heterocycles. The number of nitrogens with zero attached hydrogens (tertiary/aromatic N) is 1. The van der Waals surface area contributed by atoms with Crippen LogP contribution in [0.2, 0.25) is 0 Å². The zero-order valence-corrected chi connectivity index (χ0v) is 13.9. The molecule has 0 heterocycles. The van der Waals surface area contributed by atoms with Crippen LogP contribution >= 0.6 is 0 Å². The Hall–Kier alpha value is -1.62. The number of hydrogen-bond acceptors (Lipinski definition) is 2. The highest BCUT2D eigenvalue weighted by Crippen LogP contribution is 2.20. The van der Waals surface area contributed by atoms with Crippen LogP contribution in [-0.2, 0) is 10.8 Å². The average molecular weight is 308 g/mol. The van der Waals surface area contributed by atoms with Gasteiger partial charge in [0, 0.05) is 35.5 Å². The smallest absolute Gasteiger partial charge is 0.317 e. The van der Waals surface area contributed by atoms with E-state index >= 15 is 0 Å². The van der Waals surface area contributed by atoms with Gasteiger partial charge in [-0.2, -0.15) is 0 Å². The van der Waals surface area contributed by atoms with Crippen LogP contribution in [-0.4, -0.2) is 35.0 Å². The highest BCUT2D eigenvalue weighted by atomic mass is 32.2. The molecular formula is C16H24N2O2S. The summed E-state index contributed by atoms with van der Waals surface area (Å²) < 4.78 is 11.4. The van der Waals surface area contributed by atoms with E-state index < -0.39 is 10.8 Å². The quantitative estimate of drug-likeness (QED) is 0.648. The standard InChI is InChI=1S/C16H24N2O2S/c1-5-6-7-12-17-16(19)18(3)13(2)14-8-10-15(11-9-14)21(4)20/h5-6,8-11,13H,7,12H2,1-4H3,(H,17,19). The maximum Gasteiger partial charge on any atom is 0.317 e. The van der Waals surface area contributed by atoms with Crippen molar-refractivity contribution in [3.8, 4) is 0 Å². The number of allylic oxidation sites excluding steroid dienone is 1. The first kappa shape index (κ1) is 17.4. The fraction of sp³-hybridized carbons (Fsp3) is 0.438. The Morgan fingerprint density at radius 3 is 2.52 bits per heavy atom. The summed E-state index contributed by atoms with van der Waals surface area (Å²) in [6, 6.07) is 7.41. The molecule has 0 saturated heterocycles. The summed E-state index contributed by atoms with van der Waals surface area (Å²) in [5, 5.41) is 2.88. The minimum absolute atomic E-state index is 0.0361. The molecule has 21 heavy (non-hydrogen) atoms. The van der Waals surface area contributed by atoms with Gasteiger partial charge in [0.2, 0.25) is 0 Å². The number of nitrogens with one attached hydrogen (secondary N) is 1. The summed E-state index contributed by atoms with van der Waals surface area (Å²) in [5.41, 5.74) is 1.02. The van der Waals surface area contributed by atoms with Crippen molar-refractivity contribution in [1.82, 2.24) is 10.2 Å². The molecule has 2 unspecified atom stereocenters. The Balaban J connectivity index is 2.62. The Kier molecular flexibility index (Phi) is 7.15. The van der Waals surface area contributed by atoms with Gasteiger partial charge in [0.15, 0.2) is 0 Å². The van der Waals surface area contributed by atoms with Gasteiger partial charge in [-0.15, -0.1) is 0 Å². The van der Waals surface area contributed by atoms with Gasteiger partial charge in [-0.05, 0) is 38.0 Å². The minimum Gasteiger partial charge on any atom is -0.338 e. The summed E-state index contributed by atoms with van der Waals surface area (Å²) in [6.45, 7) is 4.57. The molecule has 1 aromatic carbocycles. The Morgan fingerprint density at radius 1 is 1.38 bits per heavy atom. The Labute approximate surface area is 129 Å². The predicted octanol–water partition coefficient (Wildman–Crippen LogP) is 3.09. The Bertz CT molecular complexity index is 512. The molecule has 0 radical (unpaired) electrons. The van der Waals surface area contributed by atoms with Crippen LogP contribution in [0.4, 0.5) is 4.79 Å². The number of urea groups is 1. The lowest BCUT2D eigenvalue weighted by Crippen LogP contribution is -2.39. The van der Waals surface area contributed by atoms with E-state index in [-0.39, 0.29) is 12.1 Å². The number of amides is 2. The van der Waals surface area contributed by atoms with Crippen LogP contribution in [0.15, 0.2) is 41.3 Å². The molecule has 5 heteroatoms. The molecule has 1 rings (SSSR count). The van der Waals surface area contributed by atoms with E-state index in [1.165, 1.54) is 0 Å². The fourth-order valence-electron chi connectivity index (χ4n) is 1.89. The minimum atomic E-state index is -0.976. The molecule has 0 fully saturated rings. The first-order chi connectivity index (χ1) is 9.97. The molecule has 1 aromatic rings. The van der Waals surface area contributed by atoms with Crippen molar-refractivity contribution in [2.75, 3.05) is 19.8 Å². The highest BCUT2D eigenvalue weighted by molar-refractivity contribution is 7.84. The van der Waals surface area contributed by atoms with Crippen LogP contribution in [0.1, 0.15) is 31.9 Å². The zero-order chi connectivity index (χ0) is 15.8. The van der Waals surface area contributed by atoms with Crippen LogP contribution < -0.4 is 5.32 Å². The molecule has 1 N–H and O–H groups in total. The van der Waals surface area contributed by atoms with Crippen molar-refractivity contribution >= 4 is 16.8 Å². The van der Waals surface area contributed by atoms with Crippen molar-refractivity contribution in [3.63, 3.8) is 0 Å². The van der Waals surface area contributed by atoms with Gasteiger partial charge in [-0.25, -0.2) is 4.79 Å². The van der Waals surface area contributed by atoms with Crippen LogP contribution in [0.5, 0.6) is 0 Å². The fourth-order valence-corrected chi connectivity index (χ4v) is 2.41. The lowest BCUT2D eigenvalue weighted by Gasteiger charge is -2.25. The second-order valence-electron chi connectivity index (χ2n) is 4.90. The molecule has 4 nitrogen and oxygen atoms in total. The van der Waals surface area contributed by atoms with Crippen molar-refractivity contribution < 1.29 is 9.00 Å². The van der Waals surface area contributed by atoms with E-state index in [1.807, 2.05) is 50.3 Å². The van der Waals surface area contributed by atoms with Crippen LogP contribution in [0.25, 0.3) is 0 Å². The van der Waals surface area contributed by atoms with E-state index in [2.05, 4.69) is 5.32 Å².